The number of aliphatic hydroxyl groups is 1. The zero-order valence-electron chi connectivity index (χ0n) is 9.06. The van der Waals surface area contributed by atoms with Crippen molar-refractivity contribution in [2.45, 2.75) is 56.3 Å². The van der Waals surface area contributed by atoms with Crippen LogP contribution in [-0.2, 0) is 0 Å². The van der Waals surface area contributed by atoms with Crippen LogP contribution >= 0.6 is 12.4 Å². The zero-order chi connectivity index (χ0) is 9.54. The highest BCUT2D eigenvalue weighted by Crippen LogP contribution is 2.38. The molecular formula is C11H21ClN2O. The molecule has 0 aromatic heterocycles. The van der Waals surface area contributed by atoms with E-state index in [2.05, 4.69) is 10.2 Å². The quantitative estimate of drug-likeness (QED) is 0.701. The molecule has 2 unspecified atom stereocenters. The van der Waals surface area contributed by atoms with Gasteiger partial charge in [-0.3, -0.25) is 4.90 Å². The van der Waals surface area contributed by atoms with Crippen molar-refractivity contribution in [3.8, 4) is 0 Å². The fourth-order valence-electron chi connectivity index (χ4n) is 3.65. The van der Waals surface area contributed by atoms with E-state index in [1.54, 1.807) is 0 Å². The second-order valence-corrected chi connectivity index (χ2v) is 5.06. The Labute approximate surface area is 97.6 Å². The third kappa shape index (κ3) is 1.91. The van der Waals surface area contributed by atoms with Gasteiger partial charge in [0, 0.05) is 31.2 Å². The van der Waals surface area contributed by atoms with Crippen LogP contribution in [0.3, 0.4) is 0 Å². The highest BCUT2D eigenvalue weighted by atomic mass is 35.5. The van der Waals surface area contributed by atoms with Crippen LogP contribution < -0.4 is 5.32 Å². The molecule has 3 heterocycles. The first-order valence-corrected chi connectivity index (χ1v) is 6.02. The van der Waals surface area contributed by atoms with Crippen LogP contribution in [-0.4, -0.2) is 47.3 Å². The SMILES string of the molecule is Cl.O[C@@H]1CNC[C@H]1N1C2CCCC1CC2. The Kier molecular flexibility index (Phi) is 3.56. The zero-order valence-corrected chi connectivity index (χ0v) is 9.88. The Morgan fingerprint density at radius 2 is 1.67 bits per heavy atom. The number of halogens is 1. The molecule has 2 N–H and O–H groups in total. The Hall–Kier alpha value is 0.170. The minimum Gasteiger partial charge on any atom is -0.390 e. The van der Waals surface area contributed by atoms with Crippen LogP contribution in [0.2, 0.25) is 0 Å². The number of nitrogens with zero attached hydrogens (tertiary/aromatic N) is 1. The molecule has 0 amide bonds. The third-order valence-corrected chi connectivity index (χ3v) is 4.29. The molecule has 0 spiro atoms. The van der Waals surface area contributed by atoms with Crippen LogP contribution in [0.5, 0.6) is 0 Å². The van der Waals surface area contributed by atoms with E-state index < -0.39 is 0 Å². The van der Waals surface area contributed by atoms with E-state index in [0.29, 0.717) is 6.04 Å². The smallest absolute Gasteiger partial charge is 0.0832 e. The van der Waals surface area contributed by atoms with Crippen molar-refractivity contribution in [3.63, 3.8) is 0 Å². The molecule has 3 aliphatic heterocycles. The highest BCUT2D eigenvalue weighted by molar-refractivity contribution is 5.85. The lowest BCUT2D eigenvalue weighted by Gasteiger charge is -2.40. The van der Waals surface area contributed by atoms with E-state index in [9.17, 15) is 5.11 Å². The van der Waals surface area contributed by atoms with Gasteiger partial charge in [0.05, 0.1) is 6.10 Å². The summed E-state index contributed by atoms with van der Waals surface area (Å²) in [6.07, 6.45) is 6.74. The average Bonchev–Trinajstić information content (AvgIpc) is 2.67. The molecule has 4 atom stereocenters. The summed E-state index contributed by atoms with van der Waals surface area (Å²) in [6, 6.07) is 1.98. The highest BCUT2D eigenvalue weighted by Gasteiger charge is 2.43. The Balaban J connectivity index is 0.000000853. The third-order valence-electron chi connectivity index (χ3n) is 4.29. The average molecular weight is 233 g/mol. The van der Waals surface area contributed by atoms with Gasteiger partial charge >= 0.3 is 0 Å². The lowest BCUT2D eigenvalue weighted by Crippen LogP contribution is -2.51. The Morgan fingerprint density at radius 1 is 1.00 bits per heavy atom. The summed E-state index contributed by atoms with van der Waals surface area (Å²) in [4.78, 5) is 2.63. The number of nitrogens with one attached hydrogen (secondary N) is 1. The van der Waals surface area contributed by atoms with Crippen molar-refractivity contribution in [1.29, 1.82) is 0 Å². The maximum atomic E-state index is 9.90. The topological polar surface area (TPSA) is 35.5 Å². The molecule has 3 fully saturated rings. The van der Waals surface area contributed by atoms with E-state index in [1.807, 2.05) is 0 Å². The van der Waals surface area contributed by atoms with Gasteiger partial charge < -0.3 is 10.4 Å². The molecule has 3 aliphatic rings. The maximum absolute atomic E-state index is 9.90. The standard InChI is InChI=1S/C11H20N2O.ClH/c14-11-7-12-6-10(11)13-8-2-1-3-9(13)5-4-8;/h8-12,14H,1-7H2;1H/t8?,9?,10-,11-;/m1./s1. The molecule has 3 nitrogen and oxygen atoms in total. The summed E-state index contributed by atoms with van der Waals surface area (Å²) in [5.74, 6) is 0. The fourth-order valence-corrected chi connectivity index (χ4v) is 3.65. The van der Waals surface area contributed by atoms with Crippen molar-refractivity contribution in [3.05, 3.63) is 0 Å². The predicted molar refractivity (Wildman–Crippen MR) is 62.4 cm³/mol. The molecule has 2 bridgehead atoms. The van der Waals surface area contributed by atoms with Crippen molar-refractivity contribution >= 4 is 12.4 Å². The lowest BCUT2D eigenvalue weighted by atomic mass is 9.99. The van der Waals surface area contributed by atoms with Gasteiger partial charge in [-0.25, -0.2) is 0 Å². The second-order valence-electron chi connectivity index (χ2n) is 5.06. The first-order chi connectivity index (χ1) is 6.86. The van der Waals surface area contributed by atoms with Crippen LogP contribution in [0.25, 0.3) is 0 Å². The molecule has 0 radical (unpaired) electrons. The van der Waals surface area contributed by atoms with Gasteiger partial charge in [-0.1, -0.05) is 6.42 Å². The van der Waals surface area contributed by atoms with Gasteiger partial charge in [-0.2, -0.15) is 0 Å². The van der Waals surface area contributed by atoms with Crippen LogP contribution in [0.15, 0.2) is 0 Å². The molecule has 0 aromatic rings. The summed E-state index contributed by atoms with van der Waals surface area (Å²) in [6.45, 7) is 1.79. The summed E-state index contributed by atoms with van der Waals surface area (Å²) in [7, 11) is 0. The first kappa shape index (κ1) is 11.6. The molecule has 0 saturated carbocycles. The monoisotopic (exact) mass is 232 g/mol. The number of piperidine rings is 1. The van der Waals surface area contributed by atoms with E-state index in [4.69, 9.17) is 0 Å². The molecule has 4 heteroatoms. The van der Waals surface area contributed by atoms with Crippen molar-refractivity contribution in [1.82, 2.24) is 10.2 Å². The van der Waals surface area contributed by atoms with Crippen molar-refractivity contribution in [2.75, 3.05) is 13.1 Å². The number of hydrogen-bond acceptors (Lipinski definition) is 3. The van der Waals surface area contributed by atoms with Gasteiger partial charge in [-0.15, -0.1) is 12.4 Å². The molecule has 0 aliphatic carbocycles. The predicted octanol–water partition coefficient (Wildman–Crippen LogP) is 0.758. The molecule has 3 saturated heterocycles. The normalized spacial score (nSPS) is 45.4. The molecule has 88 valence electrons. The van der Waals surface area contributed by atoms with E-state index in [0.717, 1.165) is 25.2 Å². The molecule has 3 rings (SSSR count). The summed E-state index contributed by atoms with van der Waals surface area (Å²) in [5.41, 5.74) is 0. The van der Waals surface area contributed by atoms with Crippen molar-refractivity contribution in [2.24, 2.45) is 0 Å². The first-order valence-electron chi connectivity index (χ1n) is 6.02. The molecule has 15 heavy (non-hydrogen) atoms. The van der Waals surface area contributed by atoms with Gasteiger partial charge in [0.15, 0.2) is 0 Å². The number of hydrogen-bond donors (Lipinski definition) is 2. The fraction of sp³-hybridized carbons (Fsp3) is 1.00. The van der Waals surface area contributed by atoms with Gasteiger partial charge in [-0.05, 0) is 25.7 Å². The molecular weight excluding hydrogens is 212 g/mol. The maximum Gasteiger partial charge on any atom is 0.0832 e. The van der Waals surface area contributed by atoms with Gasteiger partial charge in [0.25, 0.3) is 0 Å². The summed E-state index contributed by atoms with van der Waals surface area (Å²) in [5, 5.41) is 13.2. The minimum absolute atomic E-state index is 0. The Bertz CT molecular complexity index is 211. The number of fused-ring (bicyclic) bond motifs is 2. The van der Waals surface area contributed by atoms with Crippen molar-refractivity contribution < 1.29 is 5.11 Å². The van der Waals surface area contributed by atoms with Crippen LogP contribution in [0.1, 0.15) is 32.1 Å². The Morgan fingerprint density at radius 3 is 2.20 bits per heavy atom. The lowest BCUT2D eigenvalue weighted by molar-refractivity contribution is 0.0290. The summed E-state index contributed by atoms with van der Waals surface area (Å²) >= 11 is 0. The molecule has 0 aromatic carbocycles. The number of rotatable bonds is 1. The van der Waals surface area contributed by atoms with E-state index in [1.165, 1.54) is 32.1 Å². The van der Waals surface area contributed by atoms with E-state index in [-0.39, 0.29) is 18.5 Å². The van der Waals surface area contributed by atoms with E-state index >= 15 is 0 Å². The number of aliphatic hydroxyl groups excluding tert-OH is 1. The van der Waals surface area contributed by atoms with Crippen LogP contribution in [0.4, 0.5) is 0 Å². The van der Waals surface area contributed by atoms with Crippen LogP contribution in [0, 0.1) is 0 Å². The van der Waals surface area contributed by atoms with Gasteiger partial charge in [0.2, 0.25) is 0 Å². The number of β-amino-alcohol motifs (C(OH)–C–C–N with tert-alkyl or cyclic N) is 1. The second kappa shape index (κ2) is 4.58. The van der Waals surface area contributed by atoms with Gasteiger partial charge in [0.1, 0.15) is 0 Å². The minimum atomic E-state index is -0.129. The summed E-state index contributed by atoms with van der Waals surface area (Å²) < 4.78 is 0. The largest absolute Gasteiger partial charge is 0.390 e.